The Kier molecular flexibility index (Phi) is 4.03. The number of aryl methyl sites for hydroxylation is 1. The minimum atomic E-state index is -0.111. The standard InChI is InChI=1S/C19H16N4OS/c1-23-12-13(11-21-23)10-20-19(24)15-9-17(18-7-4-8-25-18)22-16-6-3-2-5-14(15)16/h2-9,11-12H,10H2,1H3,(H,20,24). The van der Waals surface area contributed by atoms with Gasteiger partial charge in [0.1, 0.15) is 0 Å². The molecule has 3 heterocycles. The van der Waals surface area contributed by atoms with E-state index >= 15 is 0 Å². The molecule has 0 bridgehead atoms. The largest absolute Gasteiger partial charge is 0.348 e. The lowest BCUT2D eigenvalue weighted by Gasteiger charge is -2.09. The van der Waals surface area contributed by atoms with Crippen molar-refractivity contribution in [3.05, 3.63) is 71.4 Å². The van der Waals surface area contributed by atoms with E-state index in [1.165, 1.54) is 0 Å². The number of amides is 1. The van der Waals surface area contributed by atoms with Crippen LogP contribution in [0.2, 0.25) is 0 Å². The molecule has 0 aliphatic rings. The van der Waals surface area contributed by atoms with Crippen LogP contribution >= 0.6 is 11.3 Å². The molecule has 5 nitrogen and oxygen atoms in total. The Morgan fingerprint density at radius 1 is 1.24 bits per heavy atom. The van der Waals surface area contributed by atoms with Crippen LogP contribution in [0.5, 0.6) is 0 Å². The highest BCUT2D eigenvalue weighted by Crippen LogP contribution is 2.27. The van der Waals surface area contributed by atoms with Crippen LogP contribution < -0.4 is 5.32 Å². The van der Waals surface area contributed by atoms with E-state index in [2.05, 4.69) is 10.4 Å². The second-order valence-electron chi connectivity index (χ2n) is 5.75. The number of rotatable bonds is 4. The van der Waals surface area contributed by atoms with Crippen molar-refractivity contribution in [2.24, 2.45) is 7.05 Å². The number of aromatic nitrogens is 3. The van der Waals surface area contributed by atoms with Crippen LogP contribution in [0.3, 0.4) is 0 Å². The molecule has 4 rings (SSSR count). The van der Waals surface area contributed by atoms with Crippen LogP contribution in [-0.4, -0.2) is 20.7 Å². The molecule has 0 saturated carbocycles. The molecule has 25 heavy (non-hydrogen) atoms. The van der Waals surface area contributed by atoms with Gasteiger partial charge in [-0.05, 0) is 23.6 Å². The summed E-state index contributed by atoms with van der Waals surface area (Å²) < 4.78 is 1.72. The Bertz CT molecular complexity index is 1040. The number of benzene rings is 1. The van der Waals surface area contributed by atoms with E-state index in [-0.39, 0.29) is 5.91 Å². The van der Waals surface area contributed by atoms with Crippen molar-refractivity contribution in [2.75, 3.05) is 0 Å². The fraction of sp³-hybridized carbons (Fsp3) is 0.105. The molecule has 0 aliphatic carbocycles. The number of hydrogen-bond donors (Lipinski definition) is 1. The molecular weight excluding hydrogens is 332 g/mol. The van der Waals surface area contributed by atoms with E-state index in [1.807, 2.05) is 61.1 Å². The topological polar surface area (TPSA) is 59.8 Å². The molecule has 0 radical (unpaired) electrons. The fourth-order valence-electron chi connectivity index (χ4n) is 2.75. The van der Waals surface area contributed by atoms with E-state index in [1.54, 1.807) is 22.2 Å². The molecule has 0 spiro atoms. The first-order valence-electron chi connectivity index (χ1n) is 7.90. The summed E-state index contributed by atoms with van der Waals surface area (Å²) in [6.45, 7) is 0.442. The highest BCUT2D eigenvalue weighted by molar-refractivity contribution is 7.13. The number of para-hydroxylation sites is 1. The minimum absolute atomic E-state index is 0.111. The molecule has 1 amide bonds. The maximum atomic E-state index is 12.8. The molecule has 1 aromatic carbocycles. The third kappa shape index (κ3) is 3.16. The predicted octanol–water partition coefficient (Wildman–Crippen LogP) is 3.63. The van der Waals surface area contributed by atoms with E-state index in [0.29, 0.717) is 12.1 Å². The molecule has 0 fully saturated rings. The first-order chi connectivity index (χ1) is 12.2. The number of carbonyl (C=O) groups excluding carboxylic acids is 1. The Morgan fingerprint density at radius 3 is 2.88 bits per heavy atom. The van der Waals surface area contributed by atoms with Gasteiger partial charge in [0.25, 0.3) is 5.91 Å². The van der Waals surface area contributed by atoms with Crippen LogP contribution in [-0.2, 0) is 13.6 Å². The second kappa shape index (κ2) is 6.49. The molecule has 4 aromatic rings. The summed E-state index contributed by atoms with van der Waals surface area (Å²) in [7, 11) is 1.86. The van der Waals surface area contributed by atoms with Crippen LogP contribution in [0.15, 0.2) is 60.2 Å². The van der Waals surface area contributed by atoms with Gasteiger partial charge in [0.05, 0.1) is 27.8 Å². The van der Waals surface area contributed by atoms with Gasteiger partial charge in [0, 0.05) is 30.7 Å². The van der Waals surface area contributed by atoms with Gasteiger partial charge in [-0.2, -0.15) is 5.10 Å². The second-order valence-corrected chi connectivity index (χ2v) is 6.70. The average molecular weight is 348 g/mol. The van der Waals surface area contributed by atoms with Crippen LogP contribution in [0.4, 0.5) is 0 Å². The van der Waals surface area contributed by atoms with Crippen molar-refractivity contribution in [3.63, 3.8) is 0 Å². The maximum Gasteiger partial charge on any atom is 0.252 e. The number of nitrogens with zero attached hydrogens (tertiary/aromatic N) is 3. The lowest BCUT2D eigenvalue weighted by Crippen LogP contribution is -2.23. The summed E-state index contributed by atoms with van der Waals surface area (Å²) in [5.41, 5.74) is 3.24. The smallest absolute Gasteiger partial charge is 0.252 e. The third-order valence-electron chi connectivity index (χ3n) is 3.95. The summed E-state index contributed by atoms with van der Waals surface area (Å²) in [6, 6.07) is 13.6. The van der Waals surface area contributed by atoms with E-state index in [0.717, 1.165) is 27.0 Å². The average Bonchev–Trinajstić information content (AvgIpc) is 3.30. The normalized spacial score (nSPS) is 10.9. The van der Waals surface area contributed by atoms with Gasteiger partial charge in [-0.1, -0.05) is 24.3 Å². The number of fused-ring (bicyclic) bond motifs is 1. The summed E-state index contributed by atoms with van der Waals surface area (Å²) in [5, 5.41) is 9.96. The molecule has 1 N–H and O–H groups in total. The van der Waals surface area contributed by atoms with Crippen LogP contribution in [0, 0.1) is 0 Å². The summed E-state index contributed by atoms with van der Waals surface area (Å²) in [6.07, 6.45) is 3.64. The van der Waals surface area contributed by atoms with Gasteiger partial charge < -0.3 is 5.32 Å². The Labute approximate surface area is 149 Å². The molecule has 0 atom stereocenters. The van der Waals surface area contributed by atoms with Crippen LogP contribution in [0.1, 0.15) is 15.9 Å². The Balaban J connectivity index is 1.70. The molecular formula is C19H16N4OS. The van der Waals surface area contributed by atoms with E-state index in [4.69, 9.17) is 4.98 Å². The van der Waals surface area contributed by atoms with Crippen LogP contribution in [0.25, 0.3) is 21.5 Å². The van der Waals surface area contributed by atoms with Crippen molar-refractivity contribution in [1.29, 1.82) is 0 Å². The first-order valence-corrected chi connectivity index (χ1v) is 8.78. The maximum absolute atomic E-state index is 12.8. The lowest BCUT2D eigenvalue weighted by atomic mass is 10.1. The number of hydrogen-bond acceptors (Lipinski definition) is 4. The number of nitrogens with one attached hydrogen (secondary N) is 1. The predicted molar refractivity (Wildman–Crippen MR) is 99.4 cm³/mol. The van der Waals surface area contributed by atoms with Gasteiger partial charge in [-0.15, -0.1) is 11.3 Å². The highest BCUT2D eigenvalue weighted by atomic mass is 32.1. The van der Waals surface area contributed by atoms with E-state index in [9.17, 15) is 4.79 Å². The number of thiophene rings is 1. The minimum Gasteiger partial charge on any atom is -0.348 e. The van der Waals surface area contributed by atoms with Crippen molar-refractivity contribution in [3.8, 4) is 10.6 Å². The lowest BCUT2D eigenvalue weighted by molar-refractivity contribution is 0.0952. The van der Waals surface area contributed by atoms with Crippen molar-refractivity contribution in [1.82, 2.24) is 20.1 Å². The molecule has 6 heteroatoms. The Hall–Kier alpha value is -2.99. The molecule has 124 valence electrons. The number of carbonyl (C=O) groups is 1. The van der Waals surface area contributed by atoms with Gasteiger partial charge >= 0.3 is 0 Å². The highest BCUT2D eigenvalue weighted by Gasteiger charge is 2.14. The molecule has 3 aromatic heterocycles. The molecule has 0 aliphatic heterocycles. The van der Waals surface area contributed by atoms with Gasteiger partial charge in [-0.3, -0.25) is 9.48 Å². The van der Waals surface area contributed by atoms with Gasteiger partial charge in [0.2, 0.25) is 0 Å². The van der Waals surface area contributed by atoms with E-state index < -0.39 is 0 Å². The third-order valence-corrected chi connectivity index (χ3v) is 4.84. The molecule has 0 unspecified atom stereocenters. The zero-order valence-electron chi connectivity index (χ0n) is 13.6. The zero-order chi connectivity index (χ0) is 17.2. The number of pyridine rings is 1. The monoisotopic (exact) mass is 348 g/mol. The van der Waals surface area contributed by atoms with Crippen molar-refractivity contribution < 1.29 is 4.79 Å². The summed E-state index contributed by atoms with van der Waals surface area (Å²) in [4.78, 5) is 18.5. The summed E-state index contributed by atoms with van der Waals surface area (Å²) >= 11 is 1.61. The van der Waals surface area contributed by atoms with Crippen molar-refractivity contribution >= 4 is 28.1 Å². The summed E-state index contributed by atoms with van der Waals surface area (Å²) in [5.74, 6) is -0.111. The fourth-order valence-corrected chi connectivity index (χ4v) is 3.44. The first kappa shape index (κ1) is 15.5. The van der Waals surface area contributed by atoms with Gasteiger partial charge in [0.15, 0.2) is 0 Å². The SMILES string of the molecule is Cn1cc(CNC(=O)c2cc(-c3cccs3)nc3ccccc23)cn1. The Morgan fingerprint density at radius 2 is 2.12 bits per heavy atom. The zero-order valence-corrected chi connectivity index (χ0v) is 14.5. The molecule has 0 saturated heterocycles. The van der Waals surface area contributed by atoms with Crippen molar-refractivity contribution in [2.45, 2.75) is 6.54 Å². The van der Waals surface area contributed by atoms with Gasteiger partial charge in [-0.25, -0.2) is 4.98 Å². The quantitative estimate of drug-likeness (QED) is 0.613.